The number of carbonyl (C=O) groups excluding carboxylic acids is 1. The third kappa shape index (κ3) is 5.46. The fourth-order valence-corrected chi connectivity index (χ4v) is 4.74. The van der Waals surface area contributed by atoms with Crippen molar-refractivity contribution >= 4 is 5.91 Å². The molecule has 29 heavy (non-hydrogen) atoms. The van der Waals surface area contributed by atoms with E-state index in [2.05, 4.69) is 5.32 Å². The van der Waals surface area contributed by atoms with Gasteiger partial charge in [-0.25, -0.2) is 0 Å². The maximum Gasteiger partial charge on any atom is 0.217 e. The summed E-state index contributed by atoms with van der Waals surface area (Å²) < 4.78 is 29.2. The van der Waals surface area contributed by atoms with Gasteiger partial charge in [-0.1, -0.05) is 0 Å². The number of hydrogen-bond acceptors (Lipinski definition) is 8. The molecule has 5 atom stereocenters. The van der Waals surface area contributed by atoms with Gasteiger partial charge in [0, 0.05) is 39.3 Å². The van der Waals surface area contributed by atoms with E-state index in [9.17, 15) is 10.0 Å². The second-order valence-corrected chi connectivity index (χ2v) is 9.23. The normalized spacial score (nSPS) is 35.4. The Morgan fingerprint density at radius 1 is 1.10 bits per heavy atom. The average molecular weight is 419 g/mol. The van der Waals surface area contributed by atoms with E-state index in [-0.39, 0.29) is 12.0 Å². The van der Waals surface area contributed by atoms with Crippen LogP contribution in [0.1, 0.15) is 47.5 Å². The van der Waals surface area contributed by atoms with Gasteiger partial charge >= 0.3 is 0 Å². The largest absolute Gasteiger partial charge is 0.382 e. The molecule has 2 N–H and O–H groups in total. The molecule has 0 aromatic heterocycles. The van der Waals surface area contributed by atoms with Crippen molar-refractivity contribution in [1.82, 2.24) is 10.4 Å². The van der Waals surface area contributed by atoms with Crippen molar-refractivity contribution in [3.8, 4) is 0 Å². The van der Waals surface area contributed by atoms with Crippen LogP contribution in [0.3, 0.4) is 0 Å². The fourth-order valence-electron chi connectivity index (χ4n) is 4.74. The number of nitrogens with one attached hydrogen (secondary N) is 1. The van der Waals surface area contributed by atoms with Crippen molar-refractivity contribution in [1.29, 1.82) is 0 Å². The zero-order valence-electron chi connectivity index (χ0n) is 18.9. The van der Waals surface area contributed by atoms with Crippen molar-refractivity contribution in [2.75, 3.05) is 27.9 Å². The standard InChI is InChI=1S/C20H38N2O7/c1-12(23)21-15-17(27-8)16(26-7)14(11-25-6)29-18(15)28-13-9-19(2,3)22(24)20(4,5)10-13/h13-18,24H,9-11H2,1-8H3,(H,21,23). The second-order valence-electron chi connectivity index (χ2n) is 9.23. The van der Waals surface area contributed by atoms with Crippen molar-refractivity contribution in [3.63, 3.8) is 0 Å². The number of carbonyl (C=O) groups is 1. The molecule has 2 saturated heterocycles. The second kappa shape index (κ2) is 9.55. The zero-order chi connectivity index (χ0) is 22.0. The van der Waals surface area contributed by atoms with Gasteiger partial charge in [-0.2, -0.15) is 5.06 Å². The van der Waals surface area contributed by atoms with E-state index in [1.165, 1.54) is 12.0 Å². The van der Waals surface area contributed by atoms with Gasteiger partial charge in [0.2, 0.25) is 5.91 Å². The Balaban J connectivity index is 2.27. The van der Waals surface area contributed by atoms with E-state index in [0.717, 1.165) is 0 Å². The summed E-state index contributed by atoms with van der Waals surface area (Å²) in [6.07, 6.45) is -1.00. The SMILES string of the molecule is COCC1OC(OC2CC(C)(C)N(O)C(C)(C)C2)C(NC(C)=O)C(OC)C1OC. The number of amides is 1. The van der Waals surface area contributed by atoms with Gasteiger partial charge in [0.1, 0.15) is 24.4 Å². The summed E-state index contributed by atoms with van der Waals surface area (Å²) in [6, 6.07) is -0.547. The lowest BCUT2D eigenvalue weighted by atomic mass is 9.80. The first-order chi connectivity index (χ1) is 13.5. The van der Waals surface area contributed by atoms with Crippen molar-refractivity contribution in [2.45, 2.75) is 95.3 Å². The molecule has 2 aliphatic rings. The smallest absolute Gasteiger partial charge is 0.217 e. The van der Waals surface area contributed by atoms with E-state index >= 15 is 0 Å². The van der Waals surface area contributed by atoms with Gasteiger partial charge in [0.25, 0.3) is 0 Å². The predicted molar refractivity (Wildman–Crippen MR) is 106 cm³/mol. The molecule has 0 aromatic rings. The highest BCUT2D eigenvalue weighted by atomic mass is 16.7. The van der Waals surface area contributed by atoms with E-state index < -0.39 is 41.7 Å². The number of hydrogen-bond donors (Lipinski definition) is 2. The topological polar surface area (TPSA) is 98.7 Å². The molecule has 9 nitrogen and oxygen atoms in total. The van der Waals surface area contributed by atoms with Gasteiger partial charge < -0.3 is 34.2 Å². The minimum absolute atomic E-state index is 0.176. The van der Waals surface area contributed by atoms with E-state index in [0.29, 0.717) is 19.4 Å². The van der Waals surface area contributed by atoms with Crippen LogP contribution >= 0.6 is 0 Å². The molecule has 0 bridgehead atoms. The first-order valence-electron chi connectivity index (χ1n) is 10.1. The quantitative estimate of drug-likeness (QED) is 0.639. The summed E-state index contributed by atoms with van der Waals surface area (Å²) in [7, 11) is 4.75. The minimum atomic E-state index is -0.739. The van der Waals surface area contributed by atoms with Gasteiger partial charge in [-0.05, 0) is 40.5 Å². The van der Waals surface area contributed by atoms with Crippen molar-refractivity contribution in [2.24, 2.45) is 0 Å². The Kier molecular flexibility index (Phi) is 8.06. The van der Waals surface area contributed by atoms with Crippen LogP contribution < -0.4 is 5.32 Å². The molecule has 0 spiro atoms. The fraction of sp³-hybridized carbons (Fsp3) is 0.950. The zero-order valence-corrected chi connectivity index (χ0v) is 18.9. The number of hydroxylamine groups is 2. The molecule has 170 valence electrons. The van der Waals surface area contributed by atoms with Crippen LogP contribution in [0, 0.1) is 0 Å². The van der Waals surface area contributed by atoms with Crippen LogP contribution in [-0.4, -0.2) is 91.9 Å². The maximum absolute atomic E-state index is 11.9. The van der Waals surface area contributed by atoms with Crippen LogP contribution in [-0.2, 0) is 28.5 Å². The Morgan fingerprint density at radius 3 is 2.10 bits per heavy atom. The molecule has 2 rings (SSSR count). The third-order valence-electron chi connectivity index (χ3n) is 5.82. The molecule has 2 aliphatic heterocycles. The summed E-state index contributed by atoms with van der Waals surface area (Å²) in [4.78, 5) is 11.9. The van der Waals surface area contributed by atoms with Crippen LogP contribution in [0.4, 0.5) is 0 Å². The summed E-state index contributed by atoms with van der Waals surface area (Å²) in [5.41, 5.74) is -0.932. The molecule has 0 radical (unpaired) electrons. The minimum Gasteiger partial charge on any atom is -0.382 e. The summed E-state index contributed by atoms with van der Waals surface area (Å²) in [5.74, 6) is -0.208. The van der Waals surface area contributed by atoms with Gasteiger partial charge in [0.05, 0.1) is 12.7 Å². The van der Waals surface area contributed by atoms with Gasteiger partial charge in [-0.3, -0.25) is 4.79 Å². The Labute approximate surface area is 173 Å². The molecule has 2 fully saturated rings. The van der Waals surface area contributed by atoms with Crippen LogP contribution in [0.2, 0.25) is 0 Å². The molecular formula is C20H38N2O7. The Morgan fingerprint density at radius 2 is 1.66 bits per heavy atom. The number of rotatable bonds is 7. The van der Waals surface area contributed by atoms with Crippen molar-refractivity contribution < 1.29 is 33.7 Å². The molecule has 0 aromatic carbocycles. The molecule has 5 unspecified atom stereocenters. The predicted octanol–water partition coefficient (Wildman–Crippen LogP) is 1.32. The Bertz CT molecular complexity index is 539. The summed E-state index contributed by atoms with van der Waals surface area (Å²) in [5, 5.41) is 14.9. The lowest BCUT2D eigenvalue weighted by molar-refractivity contribution is -0.314. The van der Waals surface area contributed by atoms with E-state index in [1.54, 1.807) is 21.3 Å². The molecule has 1 amide bonds. The lowest BCUT2D eigenvalue weighted by Crippen LogP contribution is -2.67. The van der Waals surface area contributed by atoms with Gasteiger partial charge in [0.15, 0.2) is 6.29 Å². The maximum atomic E-state index is 11.9. The number of ether oxygens (including phenoxy) is 5. The first-order valence-corrected chi connectivity index (χ1v) is 10.1. The highest BCUT2D eigenvalue weighted by Gasteiger charge is 2.51. The molecule has 0 aliphatic carbocycles. The van der Waals surface area contributed by atoms with Gasteiger partial charge in [-0.15, -0.1) is 0 Å². The monoisotopic (exact) mass is 418 g/mol. The average Bonchev–Trinajstić information content (AvgIpc) is 2.60. The molecular weight excluding hydrogens is 380 g/mol. The van der Waals surface area contributed by atoms with Crippen molar-refractivity contribution in [3.05, 3.63) is 0 Å². The lowest BCUT2D eigenvalue weighted by Gasteiger charge is -2.53. The molecule has 2 heterocycles. The third-order valence-corrected chi connectivity index (χ3v) is 5.82. The molecule has 0 saturated carbocycles. The van der Waals surface area contributed by atoms with Crippen LogP contribution in [0.5, 0.6) is 0 Å². The Hall–Kier alpha value is -0.810. The van der Waals surface area contributed by atoms with Crippen LogP contribution in [0.25, 0.3) is 0 Å². The number of methoxy groups -OCH3 is 3. The van der Waals surface area contributed by atoms with E-state index in [4.69, 9.17) is 23.7 Å². The summed E-state index contributed by atoms with van der Waals surface area (Å²) >= 11 is 0. The van der Waals surface area contributed by atoms with Crippen LogP contribution in [0.15, 0.2) is 0 Å². The van der Waals surface area contributed by atoms with E-state index in [1.807, 2.05) is 27.7 Å². The molecule has 9 heteroatoms. The highest BCUT2D eigenvalue weighted by molar-refractivity contribution is 5.73. The highest BCUT2D eigenvalue weighted by Crippen LogP contribution is 2.39. The first kappa shape index (κ1) is 24.5. The number of nitrogens with zero attached hydrogens (tertiary/aromatic N) is 1. The summed E-state index contributed by atoms with van der Waals surface area (Å²) in [6.45, 7) is 9.65. The number of piperidine rings is 1.